The van der Waals surface area contributed by atoms with E-state index in [0.29, 0.717) is 6.54 Å². The summed E-state index contributed by atoms with van der Waals surface area (Å²) in [5.74, 6) is 0.301. The second kappa shape index (κ2) is 4.78. The van der Waals surface area contributed by atoms with Crippen LogP contribution in [0, 0.1) is 5.41 Å². The van der Waals surface area contributed by atoms with Gasteiger partial charge in [-0.1, -0.05) is 0 Å². The van der Waals surface area contributed by atoms with Gasteiger partial charge in [0.25, 0.3) is 0 Å². The highest BCUT2D eigenvalue weighted by molar-refractivity contribution is 5.95. The molecule has 2 amide bonds. The highest BCUT2D eigenvalue weighted by atomic mass is 16.2. The average molecular weight is 265 g/mol. The number of hydrogen-bond acceptors (Lipinski definition) is 3. The SMILES string of the molecule is NCCC1(CN2CC(=O)N3CCCCC3C2=O)CC1. The highest BCUT2D eigenvalue weighted by Gasteiger charge is 2.47. The van der Waals surface area contributed by atoms with Crippen molar-refractivity contribution in [1.29, 1.82) is 0 Å². The molecule has 0 aromatic carbocycles. The van der Waals surface area contributed by atoms with E-state index >= 15 is 0 Å². The van der Waals surface area contributed by atoms with Gasteiger partial charge in [0.1, 0.15) is 6.04 Å². The van der Waals surface area contributed by atoms with E-state index in [2.05, 4.69) is 0 Å². The molecule has 19 heavy (non-hydrogen) atoms. The van der Waals surface area contributed by atoms with E-state index in [1.807, 2.05) is 0 Å². The molecule has 0 aromatic heterocycles. The Balaban J connectivity index is 1.69. The van der Waals surface area contributed by atoms with Gasteiger partial charge in [0.2, 0.25) is 11.8 Å². The first-order chi connectivity index (χ1) is 9.15. The van der Waals surface area contributed by atoms with Crippen molar-refractivity contribution >= 4 is 11.8 Å². The summed E-state index contributed by atoms with van der Waals surface area (Å²) in [6.45, 7) is 2.45. The Morgan fingerprint density at radius 3 is 2.74 bits per heavy atom. The summed E-state index contributed by atoms with van der Waals surface area (Å²) in [5, 5.41) is 0. The molecule has 5 nitrogen and oxygen atoms in total. The molecule has 2 aliphatic heterocycles. The maximum absolute atomic E-state index is 12.5. The fourth-order valence-electron chi connectivity index (χ4n) is 3.54. The van der Waals surface area contributed by atoms with Crippen molar-refractivity contribution in [3.8, 4) is 0 Å². The number of nitrogens with two attached hydrogens (primary N) is 1. The van der Waals surface area contributed by atoms with E-state index in [-0.39, 0.29) is 29.8 Å². The van der Waals surface area contributed by atoms with E-state index < -0.39 is 0 Å². The third kappa shape index (κ3) is 2.36. The maximum Gasteiger partial charge on any atom is 0.245 e. The minimum atomic E-state index is -0.177. The molecule has 0 bridgehead atoms. The second-order valence-corrected chi connectivity index (χ2v) is 6.33. The van der Waals surface area contributed by atoms with Gasteiger partial charge in [-0.15, -0.1) is 0 Å². The van der Waals surface area contributed by atoms with Crippen LogP contribution in [0.2, 0.25) is 0 Å². The zero-order chi connectivity index (χ0) is 13.5. The van der Waals surface area contributed by atoms with Crippen LogP contribution in [0.4, 0.5) is 0 Å². The summed E-state index contributed by atoms with van der Waals surface area (Å²) in [4.78, 5) is 28.3. The first-order valence-electron chi connectivity index (χ1n) is 7.44. The van der Waals surface area contributed by atoms with Gasteiger partial charge in [-0.3, -0.25) is 9.59 Å². The molecule has 1 saturated carbocycles. The average Bonchev–Trinajstić information content (AvgIpc) is 3.16. The molecule has 3 rings (SSSR count). The first kappa shape index (κ1) is 12.9. The Hall–Kier alpha value is -1.10. The van der Waals surface area contributed by atoms with Crippen LogP contribution >= 0.6 is 0 Å². The molecule has 0 radical (unpaired) electrons. The van der Waals surface area contributed by atoms with Crippen LogP contribution < -0.4 is 5.73 Å². The van der Waals surface area contributed by atoms with E-state index in [1.165, 1.54) is 0 Å². The van der Waals surface area contributed by atoms with Crippen molar-refractivity contribution < 1.29 is 9.59 Å². The molecular weight excluding hydrogens is 242 g/mol. The molecule has 1 atom stereocenters. The Labute approximate surface area is 114 Å². The zero-order valence-electron chi connectivity index (χ0n) is 11.4. The van der Waals surface area contributed by atoms with Gasteiger partial charge < -0.3 is 15.5 Å². The van der Waals surface area contributed by atoms with E-state index in [9.17, 15) is 9.59 Å². The molecule has 1 unspecified atom stereocenters. The number of fused-ring (bicyclic) bond motifs is 1. The van der Waals surface area contributed by atoms with Gasteiger partial charge in [-0.05, 0) is 50.5 Å². The number of hydrogen-bond donors (Lipinski definition) is 1. The zero-order valence-corrected chi connectivity index (χ0v) is 11.4. The van der Waals surface area contributed by atoms with Crippen LogP contribution in [-0.4, -0.2) is 53.8 Å². The summed E-state index contributed by atoms with van der Waals surface area (Å²) in [6, 6.07) is -0.177. The van der Waals surface area contributed by atoms with E-state index in [4.69, 9.17) is 5.73 Å². The summed E-state index contributed by atoms with van der Waals surface area (Å²) < 4.78 is 0. The first-order valence-corrected chi connectivity index (χ1v) is 7.44. The molecule has 3 aliphatic rings. The fraction of sp³-hybridized carbons (Fsp3) is 0.857. The lowest BCUT2D eigenvalue weighted by Gasteiger charge is -2.43. The Bertz CT molecular complexity index is 392. The van der Waals surface area contributed by atoms with Gasteiger partial charge in [0.15, 0.2) is 0 Å². The largest absolute Gasteiger partial charge is 0.331 e. The number of piperazine rings is 1. The molecule has 2 heterocycles. The van der Waals surface area contributed by atoms with E-state index in [0.717, 1.165) is 51.6 Å². The topological polar surface area (TPSA) is 66.6 Å². The Kier molecular flexibility index (Phi) is 3.25. The minimum Gasteiger partial charge on any atom is -0.331 e. The number of nitrogens with zero attached hydrogens (tertiary/aromatic N) is 2. The molecular formula is C14H23N3O2. The highest BCUT2D eigenvalue weighted by Crippen LogP contribution is 2.49. The second-order valence-electron chi connectivity index (χ2n) is 6.33. The Morgan fingerprint density at radius 2 is 2.05 bits per heavy atom. The Morgan fingerprint density at radius 1 is 1.26 bits per heavy atom. The van der Waals surface area contributed by atoms with Crippen LogP contribution in [0.1, 0.15) is 38.5 Å². The van der Waals surface area contributed by atoms with Crippen LogP contribution in [0.15, 0.2) is 0 Å². The van der Waals surface area contributed by atoms with Gasteiger partial charge in [-0.25, -0.2) is 0 Å². The van der Waals surface area contributed by atoms with Crippen molar-refractivity contribution in [2.45, 2.75) is 44.6 Å². The maximum atomic E-state index is 12.5. The summed E-state index contributed by atoms with van der Waals surface area (Å²) in [6.07, 6.45) is 6.20. The smallest absolute Gasteiger partial charge is 0.245 e. The number of rotatable bonds is 4. The molecule has 0 spiro atoms. The molecule has 0 aromatic rings. The van der Waals surface area contributed by atoms with Crippen molar-refractivity contribution in [1.82, 2.24) is 9.80 Å². The van der Waals surface area contributed by atoms with Gasteiger partial charge in [-0.2, -0.15) is 0 Å². The quantitative estimate of drug-likeness (QED) is 0.797. The van der Waals surface area contributed by atoms with Crippen LogP contribution in [0.25, 0.3) is 0 Å². The van der Waals surface area contributed by atoms with Crippen molar-refractivity contribution in [3.63, 3.8) is 0 Å². The standard InChI is InChI=1S/C14H23N3O2/c15-7-6-14(4-5-14)10-16-9-12(18)17-8-2-1-3-11(17)13(16)19/h11H,1-10,15H2. The molecule has 2 N–H and O–H groups in total. The molecule has 106 valence electrons. The van der Waals surface area contributed by atoms with Gasteiger partial charge in [0.05, 0.1) is 6.54 Å². The predicted molar refractivity (Wildman–Crippen MR) is 71.3 cm³/mol. The molecule has 5 heteroatoms. The number of carbonyl (C=O) groups is 2. The van der Waals surface area contributed by atoms with E-state index in [1.54, 1.807) is 9.80 Å². The number of piperidine rings is 1. The van der Waals surface area contributed by atoms with Gasteiger partial charge in [0, 0.05) is 13.1 Å². The minimum absolute atomic E-state index is 0.132. The third-order valence-corrected chi connectivity index (χ3v) is 4.90. The lowest BCUT2D eigenvalue weighted by molar-refractivity contribution is -0.158. The number of carbonyl (C=O) groups excluding carboxylic acids is 2. The van der Waals surface area contributed by atoms with Crippen molar-refractivity contribution in [3.05, 3.63) is 0 Å². The summed E-state index contributed by atoms with van der Waals surface area (Å²) in [5.41, 5.74) is 5.87. The summed E-state index contributed by atoms with van der Waals surface area (Å²) in [7, 11) is 0. The third-order valence-electron chi connectivity index (χ3n) is 4.90. The van der Waals surface area contributed by atoms with Gasteiger partial charge >= 0.3 is 0 Å². The van der Waals surface area contributed by atoms with Crippen LogP contribution in [0.3, 0.4) is 0 Å². The lowest BCUT2D eigenvalue weighted by atomic mass is 9.96. The van der Waals surface area contributed by atoms with Crippen molar-refractivity contribution in [2.75, 3.05) is 26.2 Å². The molecule has 2 saturated heterocycles. The molecule has 1 aliphatic carbocycles. The number of amides is 2. The van der Waals surface area contributed by atoms with Crippen molar-refractivity contribution in [2.24, 2.45) is 11.1 Å². The normalized spacial score (nSPS) is 29.4. The monoisotopic (exact) mass is 265 g/mol. The molecule has 3 fully saturated rings. The summed E-state index contributed by atoms with van der Waals surface area (Å²) >= 11 is 0. The van der Waals surface area contributed by atoms with Crippen LogP contribution in [-0.2, 0) is 9.59 Å². The van der Waals surface area contributed by atoms with Crippen LogP contribution in [0.5, 0.6) is 0 Å². The fourth-order valence-corrected chi connectivity index (χ4v) is 3.54. The lowest BCUT2D eigenvalue weighted by Crippen LogP contribution is -2.62. The predicted octanol–water partition coefficient (Wildman–Crippen LogP) is 0.339.